The lowest BCUT2D eigenvalue weighted by molar-refractivity contribution is -0.128. The first kappa shape index (κ1) is 32.4. The fourth-order valence-electron chi connectivity index (χ4n) is 5.91. The third kappa shape index (κ3) is 11.1. The quantitative estimate of drug-likeness (QED) is 0.196. The smallest absolute Gasteiger partial charge is 0.267 e. The highest BCUT2D eigenvalue weighted by molar-refractivity contribution is 7.85. The van der Waals surface area contributed by atoms with Crippen molar-refractivity contribution in [2.24, 2.45) is 22.7 Å². The topological polar surface area (TPSA) is 83.5 Å². The standard InChI is InChI=1S/C27H55NO4S/c1-10-17-22(11-2)18-27(16-7,20-26(13-4,14-5)15-6)19-23(12-3)24(29)28-25(8,9)21-33(30,31)32/h22-23H,10-21H2,1-9H3,(H,28,29)(H,30,31,32). The highest BCUT2D eigenvalue weighted by Gasteiger charge is 2.41. The Morgan fingerprint density at radius 2 is 1.36 bits per heavy atom. The van der Waals surface area contributed by atoms with Crippen molar-refractivity contribution in [3.63, 3.8) is 0 Å². The maximum Gasteiger partial charge on any atom is 0.267 e. The van der Waals surface area contributed by atoms with Crippen molar-refractivity contribution in [2.45, 2.75) is 138 Å². The summed E-state index contributed by atoms with van der Waals surface area (Å²) in [5.74, 6) is -0.0921. The van der Waals surface area contributed by atoms with E-state index in [0.717, 1.165) is 57.8 Å². The molecule has 0 aliphatic carbocycles. The van der Waals surface area contributed by atoms with Crippen molar-refractivity contribution >= 4 is 16.0 Å². The number of amides is 1. The fourth-order valence-corrected chi connectivity index (χ4v) is 6.89. The molecular formula is C27H55NO4S. The Kier molecular flexibility index (Phi) is 13.8. The van der Waals surface area contributed by atoms with Crippen molar-refractivity contribution in [2.75, 3.05) is 5.75 Å². The Balaban J connectivity index is 6.04. The average Bonchev–Trinajstić information content (AvgIpc) is 2.73. The highest BCUT2D eigenvalue weighted by Crippen LogP contribution is 2.51. The Bertz CT molecular complexity index is 661. The Hall–Kier alpha value is -0.620. The van der Waals surface area contributed by atoms with Crippen LogP contribution in [0.2, 0.25) is 0 Å². The van der Waals surface area contributed by atoms with Crippen molar-refractivity contribution < 1.29 is 17.8 Å². The summed E-state index contributed by atoms with van der Waals surface area (Å²) in [5, 5.41) is 2.93. The molecule has 1 amide bonds. The fraction of sp³-hybridized carbons (Fsp3) is 0.963. The van der Waals surface area contributed by atoms with Gasteiger partial charge < -0.3 is 5.32 Å². The Morgan fingerprint density at radius 1 is 0.848 bits per heavy atom. The molecule has 0 radical (unpaired) electrons. The van der Waals surface area contributed by atoms with Gasteiger partial charge in [0.05, 0.1) is 11.3 Å². The molecule has 0 aromatic rings. The Labute approximate surface area is 206 Å². The van der Waals surface area contributed by atoms with E-state index in [1.165, 1.54) is 12.8 Å². The van der Waals surface area contributed by atoms with Gasteiger partial charge in [0.15, 0.2) is 0 Å². The normalized spacial score (nSPS) is 16.8. The van der Waals surface area contributed by atoms with E-state index in [1.54, 1.807) is 13.8 Å². The van der Waals surface area contributed by atoms with Gasteiger partial charge in [0.25, 0.3) is 10.1 Å². The van der Waals surface area contributed by atoms with Crippen LogP contribution in [-0.2, 0) is 14.9 Å². The third-order valence-electron chi connectivity index (χ3n) is 8.29. The van der Waals surface area contributed by atoms with E-state index in [0.29, 0.717) is 11.3 Å². The van der Waals surface area contributed by atoms with Gasteiger partial charge in [-0.15, -0.1) is 0 Å². The maximum atomic E-state index is 13.3. The van der Waals surface area contributed by atoms with Gasteiger partial charge >= 0.3 is 0 Å². The molecule has 33 heavy (non-hydrogen) atoms. The van der Waals surface area contributed by atoms with Crippen molar-refractivity contribution in [1.29, 1.82) is 0 Å². The van der Waals surface area contributed by atoms with Gasteiger partial charge in [-0.05, 0) is 56.3 Å². The summed E-state index contributed by atoms with van der Waals surface area (Å²) in [6, 6.07) is 0. The third-order valence-corrected chi connectivity index (χ3v) is 9.38. The SMILES string of the molecule is CCCC(CC)CC(CC)(CC(CC)C(=O)NC(C)(C)CS(=O)(=O)O)CC(CC)(CC)CC. The highest BCUT2D eigenvalue weighted by atomic mass is 32.2. The van der Waals surface area contributed by atoms with Crippen LogP contribution in [-0.4, -0.2) is 30.2 Å². The minimum Gasteiger partial charge on any atom is -0.350 e. The molecular weight excluding hydrogens is 434 g/mol. The first-order chi connectivity index (χ1) is 15.2. The van der Waals surface area contributed by atoms with Gasteiger partial charge in [-0.2, -0.15) is 8.42 Å². The van der Waals surface area contributed by atoms with Gasteiger partial charge in [0.1, 0.15) is 0 Å². The summed E-state index contributed by atoms with van der Waals surface area (Å²) in [4.78, 5) is 13.3. The zero-order valence-corrected chi connectivity index (χ0v) is 24.0. The molecule has 6 heteroatoms. The monoisotopic (exact) mass is 489 g/mol. The molecule has 0 aromatic carbocycles. The molecule has 0 fully saturated rings. The van der Waals surface area contributed by atoms with E-state index in [4.69, 9.17) is 0 Å². The molecule has 0 heterocycles. The van der Waals surface area contributed by atoms with E-state index < -0.39 is 21.4 Å². The van der Waals surface area contributed by atoms with E-state index in [-0.39, 0.29) is 17.2 Å². The van der Waals surface area contributed by atoms with Crippen LogP contribution in [0.5, 0.6) is 0 Å². The molecule has 198 valence electrons. The lowest BCUT2D eigenvalue weighted by Gasteiger charge is -2.46. The Morgan fingerprint density at radius 3 is 1.73 bits per heavy atom. The van der Waals surface area contributed by atoms with E-state index in [9.17, 15) is 17.8 Å². The predicted octanol–water partition coefficient (Wildman–Crippen LogP) is 7.40. The largest absolute Gasteiger partial charge is 0.350 e. The lowest BCUT2D eigenvalue weighted by atomic mass is 9.59. The van der Waals surface area contributed by atoms with Crippen LogP contribution in [0.3, 0.4) is 0 Å². The van der Waals surface area contributed by atoms with Gasteiger partial charge in [-0.25, -0.2) is 0 Å². The average molecular weight is 490 g/mol. The second-order valence-electron chi connectivity index (χ2n) is 11.3. The van der Waals surface area contributed by atoms with Crippen LogP contribution in [0.1, 0.15) is 133 Å². The predicted molar refractivity (Wildman–Crippen MR) is 141 cm³/mol. The summed E-state index contributed by atoms with van der Waals surface area (Å²) in [5.41, 5.74) is -0.635. The molecule has 0 saturated heterocycles. The van der Waals surface area contributed by atoms with Crippen LogP contribution in [0.25, 0.3) is 0 Å². The van der Waals surface area contributed by atoms with Crippen LogP contribution in [0.15, 0.2) is 0 Å². The van der Waals surface area contributed by atoms with Crippen molar-refractivity contribution in [3.05, 3.63) is 0 Å². The number of rotatable bonds is 18. The molecule has 0 aliphatic rings. The molecule has 0 rings (SSSR count). The zero-order valence-electron chi connectivity index (χ0n) is 23.2. The summed E-state index contributed by atoms with van der Waals surface area (Å²) in [7, 11) is -4.17. The zero-order chi connectivity index (χ0) is 25.9. The number of hydrogen-bond donors (Lipinski definition) is 2. The van der Waals surface area contributed by atoms with E-state index in [2.05, 4.69) is 53.8 Å². The summed E-state index contributed by atoms with van der Waals surface area (Å²) in [6.07, 6.45) is 11.9. The summed E-state index contributed by atoms with van der Waals surface area (Å²) in [6.45, 7) is 19.1. The molecule has 3 unspecified atom stereocenters. The number of nitrogens with one attached hydrogen (secondary N) is 1. The van der Waals surface area contributed by atoms with Crippen LogP contribution < -0.4 is 5.32 Å². The molecule has 5 nitrogen and oxygen atoms in total. The molecule has 0 saturated carbocycles. The molecule has 0 bridgehead atoms. The summed E-state index contributed by atoms with van der Waals surface area (Å²) >= 11 is 0. The lowest BCUT2D eigenvalue weighted by Crippen LogP contribution is -2.51. The van der Waals surface area contributed by atoms with E-state index in [1.807, 2.05) is 0 Å². The van der Waals surface area contributed by atoms with Gasteiger partial charge in [0, 0.05) is 5.92 Å². The number of hydrogen-bond acceptors (Lipinski definition) is 3. The first-order valence-corrected chi connectivity index (χ1v) is 15.1. The van der Waals surface area contributed by atoms with Crippen LogP contribution >= 0.6 is 0 Å². The van der Waals surface area contributed by atoms with Crippen LogP contribution in [0, 0.1) is 22.7 Å². The second kappa shape index (κ2) is 14.1. The minimum absolute atomic E-state index is 0.0864. The first-order valence-electron chi connectivity index (χ1n) is 13.5. The van der Waals surface area contributed by atoms with E-state index >= 15 is 0 Å². The molecule has 2 N–H and O–H groups in total. The minimum atomic E-state index is -4.17. The molecule has 0 aliphatic heterocycles. The van der Waals surface area contributed by atoms with Crippen molar-refractivity contribution in [3.8, 4) is 0 Å². The summed E-state index contributed by atoms with van der Waals surface area (Å²) < 4.78 is 32.1. The number of carbonyl (C=O) groups excluding carboxylic acids is 1. The van der Waals surface area contributed by atoms with Gasteiger partial charge in [-0.1, -0.05) is 93.4 Å². The molecule has 0 spiro atoms. The van der Waals surface area contributed by atoms with Crippen LogP contribution in [0.4, 0.5) is 0 Å². The van der Waals surface area contributed by atoms with Gasteiger partial charge in [-0.3, -0.25) is 9.35 Å². The number of carbonyl (C=O) groups is 1. The molecule has 3 atom stereocenters. The maximum absolute atomic E-state index is 13.3. The van der Waals surface area contributed by atoms with Crippen molar-refractivity contribution in [1.82, 2.24) is 5.32 Å². The second-order valence-corrected chi connectivity index (χ2v) is 12.7. The van der Waals surface area contributed by atoms with Gasteiger partial charge in [0.2, 0.25) is 5.91 Å². The molecule has 0 aromatic heterocycles.